The predicted octanol–water partition coefficient (Wildman–Crippen LogP) is 3.09. The van der Waals surface area contributed by atoms with Crippen LogP contribution in [-0.4, -0.2) is 31.2 Å². The molecule has 3 rings (SSSR count). The van der Waals surface area contributed by atoms with Gasteiger partial charge >= 0.3 is 0 Å². The highest BCUT2D eigenvalue weighted by molar-refractivity contribution is 7.99. The van der Waals surface area contributed by atoms with Gasteiger partial charge in [-0.2, -0.15) is 4.98 Å². The van der Waals surface area contributed by atoms with Crippen LogP contribution in [0.3, 0.4) is 0 Å². The van der Waals surface area contributed by atoms with E-state index >= 15 is 0 Å². The van der Waals surface area contributed by atoms with Gasteiger partial charge in [-0.1, -0.05) is 23.9 Å². The average molecular weight is 341 g/mol. The summed E-state index contributed by atoms with van der Waals surface area (Å²) in [5.74, 6) is 0.737. The number of hydrogen-bond acceptors (Lipinski definition) is 5. The normalized spacial score (nSPS) is 11.0. The van der Waals surface area contributed by atoms with Gasteiger partial charge in [0, 0.05) is 17.1 Å². The zero-order valence-corrected chi connectivity index (χ0v) is 14.9. The molecule has 124 valence electrons. The van der Waals surface area contributed by atoms with Gasteiger partial charge in [-0.05, 0) is 51.0 Å². The van der Waals surface area contributed by atoms with E-state index in [4.69, 9.17) is 0 Å². The number of nitrogens with one attached hydrogen (secondary N) is 1. The first-order valence-electron chi connectivity index (χ1n) is 7.63. The van der Waals surface area contributed by atoms with Crippen molar-refractivity contribution >= 4 is 29.1 Å². The van der Waals surface area contributed by atoms with Gasteiger partial charge in [0.1, 0.15) is 0 Å². The second-order valence-corrected chi connectivity index (χ2v) is 6.74. The Labute approximate surface area is 144 Å². The number of amides is 1. The number of thioether (sulfide) groups is 1. The van der Waals surface area contributed by atoms with Crippen molar-refractivity contribution in [2.45, 2.75) is 32.9 Å². The lowest BCUT2D eigenvalue weighted by molar-refractivity contribution is -0.113. The minimum atomic E-state index is -0.0755. The first-order valence-corrected chi connectivity index (χ1v) is 8.62. The predicted molar refractivity (Wildman–Crippen MR) is 95.5 cm³/mol. The van der Waals surface area contributed by atoms with E-state index in [2.05, 4.69) is 20.4 Å². The molecule has 7 heteroatoms. The van der Waals surface area contributed by atoms with Gasteiger partial charge in [-0.15, -0.1) is 5.10 Å². The SMILES string of the molecule is Cc1ccc(C)c(NC(=O)CSc2nc3nc(C)cc(C)n3n2)c1. The molecule has 6 nitrogen and oxygen atoms in total. The summed E-state index contributed by atoms with van der Waals surface area (Å²) >= 11 is 1.30. The minimum absolute atomic E-state index is 0.0755. The van der Waals surface area contributed by atoms with Crippen molar-refractivity contribution < 1.29 is 4.79 Å². The Morgan fingerprint density at radius 3 is 2.75 bits per heavy atom. The van der Waals surface area contributed by atoms with Crippen LogP contribution in [0.2, 0.25) is 0 Å². The van der Waals surface area contributed by atoms with Crippen LogP contribution in [0.25, 0.3) is 5.78 Å². The van der Waals surface area contributed by atoms with E-state index in [-0.39, 0.29) is 11.7 Å². The zero-order chi connectivity index (χ0) is 17.3. The fourth-order valence-corrected chi connectivity index (χ4v) is 3.01. The molecule has 2 aromatic heterocycles. The second-order valence-electron chi connectivity index (χ2n) is 5.80. The third kappa shape index (κ3) is 3.56. The van der Waals surface area contributed by atoms with Crippen molar-refractivity contribution in [2.75, 3.05) is 11.1 Å². The Balaban J connectivity index is 1.68. The topological polar surface area (TPSA) is 72.2 Å². The Kier molecular flexibility index (Phi) is 4.53. The fraction of sp³-hybridized carbons (Fsp3) is 0.294. The number of carbonyl (C=O) groups is 1. The van der Waals surface area contributed by atoms with Crippen molar-refractivity contribution in [1.29, 1.82) is 0 Å². The zero-order valence-electron chi connectivity index (χ0n) is 14.1. The third-order valence-corrected chi connectivity index (χ3v) is 4.44. The standard InChI is InChI=1S/C17H19N5OS/c1-10-5-6-11(2)14(7-10)19-15(23)9-24-17-20-16-18-12(3)8-13(4)22(16)21-17/h5-8H,9H2,1-4H3,(H,19,23). The van der Waals surface area contributed by atoms with E-state index in [0.717, 1.165) is 28.2 Å². The van der Waals surface area contributed by atoms with Crippen LogP contribution in [0.5, 0.6) is 0 Å². The van der Waals surface area contributed by atoms with Crippen LogP contribution in [0.1, 0.15) is 22.5 Å². The van der Waals surface area contributed by atoms with Gasteiger partial charge < -0.3 is 5.32 Å². The molecular formula is C17H19N5OS. The summed E-state index contributed by atoms with van der Waals surface area (Å²) in [6, 6.07) is 7.94. The van der Waals surface area contributed by atoms with E-state index in [1.165, 1.54) is 11.8 Å². The summed E-state index contributed by atoms with van der Waals surface area (Å²) in [5.41, 5.74) is 4.87. The van der Waals surface area contributed by atoms with Gasteiger partial charge in [0.05, 0.1) is 5.75 Å². The lowest BCUT2D eigenvalue weighted by Crippen LogP contribution is -2.15. The highest BCUT2D eigenvalue weighted by Crippen LogP contribution is 2.19. The second kappa shape index (κ2) is 6.60. The van der Waals surface area contributed by atoms with Gasteiger partial charge in [0.2, 0.25) is 11.1 Å². The van der Waals surface area contributed by atoms with Crippen molar-refractivity contribution in [3.8, 4) is 0 Å². The lowest BCUT2D eigenvalue weighted by atomic mass is 10.1. The number of rotatable bonds is 4. The molecule has 0 unspecified atom stereocenters. The molecule has 1 N–H and O–H groups in total. The molecule has 0 bridgehead atoms. The molecular weight excluding hydrogens is 322 g/mol. The number of aromatic nitrogens is 4. The summed E-state index contributed by atoms with van der Waals surface area (Å²) in [4.78, 5) is 20.9. The summed E-state index contributed by atoms with van der Waals surface area (Å²) in [7, 11) is 0. The van der Waals surface area contributed by atoms with Crippen LogP contribution >= 0.6 is 11.8 Å². The molecule has 0 aliphatic carbocycles. The number of hydrogen-bond donors (Lipinski definition) is 1. The highest BCUT2D eigenvalue weighted by Gasteiger charge is 2.11. The number of benzene rings is 1. The first-order chi connectivity index (χ1) is 11.4. The number of nitrogens with zero attached hydrogens (tertiary/aromatic N) is 4. The van der Waals surface area contributed by atoms with Gasteiger partial charge in [0.15, 0.2) is 0 Å². The molecule has 2 heterocycles. The third-order valence-electron chi connectivity index (χ3n) is 3.60. The number of aryl methyl sites for hydroxylation is 4. The van der Waals surface area contributed by atoms with E-state index in [9.17, 15) is 4.79 Å². The molecule has 0 atom stereocenters. The number of fused-ring (bicyclic) bond motifs is 1. The Morgan fingerprint density at radius 1 is 1.17 bits per heavy atom. The largest absolute Gasteiger partial charge is 0.325 e. The Bertz CT molecular complexity index is 919. The maximum Gasteiger partial charge on any atom is 0.253 e. The summed E-state index contributed by atoms with van der Waals surface area (Å²) in [5, 5.41) is 7.88. The molecule has 3 aromatic rings. The molecule has 0 aliphatic rings. The highest BCUT2D eigenvalue weighted by atomic mass is 32.2. The molecule has 0 radical (unpaired) electrons. The summed E-state index contributed by atoms with van der Waals surface area (Å²) < 4.78 is 1.69. The average Bonchev–Trinajstić information content (AvgIpc) is 2.92. The van der Waals surface area contributed by atoms with Crippen molar-refractivity contribution in [3.63, 3.8) is 0 Å². The van der Waals surface area contributed by atoms with Crippen LogP contribution < -0.4 is 5.32 Å². The Morgan fingerprint density at radius 2 is 1.96 bits per heavy atom. The molecule has 0 aliphatic heterocycles. The smallest absolute Gasteiger partial charge is 0.253 e. The van der Waals surface area contributed by atoms with Gasteiger partial charge in [-0.3, -0.25) is 4.79 Å². The van der Waals surface area contributed by atoms with Gasteiger partial charge in [0.25, 0.3) is 5.78 Å². The minimum Gasteiger partial charge on any atom is -0.325 e. The number of anilines is 1. The maximum atomic E-state index is 12.2. The molecule has 0 spiro atoms. The summed E-state index contributed by atoms with van der Waals surface area (Å²) in [6.45, 7) is 7.86. The van der Waals surface area contributed by atoms with Crippen LogP contribution in [0.15, 0.2) is 29.4 Å². The molecule has 24 heavy (non-hydrogen) atoms. The molecule has 0 saturated carbocycles. The Hall–Kier alpha value is -2.41. The van der Waals surface area contributed by atoms with Crippen LogP contribution in [-0.2, 0) is 4.79 Å². The molecule has 1 amide bonds. The fourth-order valence-electron chi connectivity index (χ4n) is 2.40. The number of carbonyl (C=O) groups excluding carboxylic acids is 1. The maximum absolute atomic E-state index is 12.2. The van der Waals surface area contributed by atoms with Crippen LogP contribution in [0.4, 0.5) is 5.69 Å². The van der Waals surface area contributed by atoms with Crippen molar-refractivity contribution in [2.24, 2.45) is 0 Å². The molecule has 0 saturated heterocycles. The van der Waals surface area contributed by atoms with Crippen molar-refractivity contribution in [1.82, 2.24) is 19.6 Å². The van der Waals surface area contributed by atoms with E-state index in [0.29, 0.717) is 10.9 Å². The molecule has 0 fully saturated rings. The molecule has 1 aromatic carbocycles. The lowest BCUT2D eigenvalue weighted by Gasteiger charge is -2.08. The van der Waals surface area contributed by atoms with E-state index < -0.39 is 0 Å². The van der Waals surface area contributed by atoms with Crippen molar-refractivity contribution in [3.05, 3.63) is 46.8 Å². The monoisotopic (exact) mass is 341 g/mol. The van der Waals surface area contributed by atoms with E-state index in [1.807, 2.05) is 52.0 Å². The van der Waals surface area contributed by atoms with E-state index in [1.54, 1.807) is 4.52 Å². The first kappa shape index (κ1) is 16.4. The van der Waals surface area contributed by atoms with Crippen LogP contribution in [0, 0.1) is 27.7 Å². The van der Waals surface area contributed by atoms with Gasteiger partial charge in [-0.25, -0.2) is 9.50 Å². The summed E-state index contributed by atoms with van der Waals surface area (Å²) in [6.07, 6.45) is 0. The quantitative estimate of drug-likeness (QED) is 0.738.